The van der Waals surface area contributed by atoms with Crippen molar-refractivity contribution in [2.24, 2.45) is 5.73 Å². The number of fused-ring (bicyclic) bond motifs is 3. The lowest BCUT2D eigenvalue weighted by Crippen LogP contribution is -2.52. The molecule has 1 aliphatic carbocycles. The van der Waals surface area contributed by atoms with Gasteiger partial charge in [0.2, 0.25) is 5.91 Å². The molecule has 5 rings (SSSR count). The summed E-state index contributed by atoms with van der Waals surface area (Å²) < 4.78 is 0. The van der Waals surface area contributed by atoms with Gasteiger partial charge in [0.25, 0.3) is 0 Å². The van der Waals surface area contributed by atoms with Crippen LogP contribution in [0.4, 0.5) is 11.5 Å². The van der Waals surface area contributed by atoms with E-state index in [1.54, 1.807) is 21.9 Å². The fraction of sp³-hybridized carbons (Fsp3) is 0.280. The third-order valence-corrected chi connectivity index (χ3v) is 6.79. The van der Waals surface area contributed by atoms with Crippen molar-refractivity contribution in [3.05, 3.63) is 75.8 Å². The zero-order chi connectivity index (χ0) is 23.3. The molecule has 0 radical (unpaired) electrons. The Balaban J connectivity index is 1.87. The summed E-state index contributed by atoms with van der Waals surface area (Å²) in [6, 6.07) is 13.0. The molecule has 2 aromatic rings. The maximum absolute atomic E-state index is 14.2. The molecule has 1 amide bonds. The number of anilines is 2. The average molecular weight is 460 g/mol. The van der Waals surface area contributed by atoms with E-state index < -0.39 is 5.41 Å². The smallest absolute Gasteiger partial charge is 0.247 e. The van der Waals surface area contributed by atoms with Crippen LogP contribution in [-0.2, 0) is 15.0 Å². The molecule has 7 nitrogen and oxygen atoms in total. The molecule has 0 fully saturated rings. The number of carbonyl (C=O) groups is 2. The Hall–Kier alpha value is -3.63. The highest BCUT2D eigenvalue weighted by Crippen LogP contribution is 2.56. The molecule has 166 valence electrons. The van der Waals surface area contributed by atoms with Gasteiger partial charge in [0.1, 0.15) is 23.1 Å². The number of nitrogens with zero attached hydrogens (tertiary/aromatic N) is 4. The van der Waals surface area contributed by atoms with Crippen LogP contribution in [0.25, 0.3) is 0 Å². The van der Waals surface area contributed by atoms with Gasteiger partial charge in [0.05, 0.1) is 10.6 Å². The normalized spacial score (nSPS) is 22.1. The fourth-order valence-electron chi connectivity index (χ4n) is 5.34. The van der Waals surface area contributed by atoms with Crippen LogP contribution < -0.4 is 15.5 Å². The number of allylic oxidation sites excluding steroid dienone is 1. The molecule has 2 aliphatic heterocycles. The quantitative estimate of drug-likeness (QED) is 0.745. The van der Waals surface area contributed by atoms with Gasteiger partial charge in [0.15, 0.2) is 5.78 Å². The first-order chi connectivity index (χ1) is 16.0. The average Bonchev–Trinajstić information content (AvgIpc) is 3.05. The molecule has 1 aromatic heterocycles. The van der Waals surface area contributed by atoms with E-state index in [1.807, 2.05) is 31.2 Å². The van der Waals surface area contributed by atoms with Gasteiger partial charge in [-0.2, -0.15) is 5.26 Å². The number of para-hydroxylation sites is 1. The van der Waals surface area contributed by atoms with E-state index in [0.717, 1.165) is 6.42 Å². The largest absolute Gasteiger partial charge is 0.384 e. The number of amides is 1. The van der Waals surface area contributed by atoms with Crippen molar-refractivity contribution < 1.29 is 9.59 Å². The molecule has 1 spiro atoms. The summed E-state index contributed by atoms with van der Waals surface area (Å²) >= 11 is 6.03. The number of Topliss-reactive ketones (excluding diaryl/α,β-unsaturated/α-hetero) is 1. The number of ketones is 1. The second-order valence-corrected chi connectivity index (χ2v) is 8.80. The van der Waals surface area contributed by atoms with Gasteiger partial charge in [-0.1, -0.05) is 36.7 Å². The molecule has 1 atom stereocenters. The second kappa shape index (κ2) is 7.75. The number of nitrogens with two attached hydrogens (primary N) is 1. The van der Waals surface area contributed by atoms with Crippen molar-refractivity contribution in [3.8, 4) is 6.07 Å². The van der Waals surface area contributed by atoms with Crippen LogP contribution in [0.15, 0.2) is 65.3 Å². The van der Waals surface area contributed by atoms with Crippen molar-refractivity contribution in [3.63, 3.8) is 0 Å². The van der Waals surface area contributed by atoms with E-state index in [0.29, 0.717) is 59.2 Å². The third-order valence-electron chi connectivity index (χ3n) is 6.57. The maximum atomic E-state index is 14.2. The van der Waals surface area contributed by atoms with Crippen LogP contribution >= 0.6 is 11.6 Å². The lowest BCUT2D eigenvalue weighted by atomic mass is 9.64. The summed E-state index contributed by atoms with van der Waals surface area (Å²) in [7, 11) is 0. The monoisotopic (exact) mass is 459 g/mol. The molecular weight excluding hydrogens is 438 g/mol. The van der Waals surface area contributed by atoms with Crippen LogP contribution in [0.3, 0.4) is 0 Å². The van der Waals surface area contributed by atoms with Gasteiger partial charge >= 0.3 is 0 Å². The summed E-state index contributed by atoms with van der Waals surface area (Å²) in [6.45, 7) is 2.47. The van der Waals surface area contributed by atoms with E-state index in [9.17, 15) is 14.9 Å². The molecule has 1 unspecified atom stereocenters. The highest BCUT2D eigenvalue weighted by molar-refractivity contribution is 6.30. The van der Waals surface area contributed by atoms with Gasteiger partial charge in [-0.15, -0.1) is 0 Å². The van der Waals surface area contributed by atoms with Crippen molar-refractivity contribution in [2.75, 3.05) is 16.3 Å². The Morgan fingerprint density at radius 3 is 2.70 bits per heavy atom. The maximum Gasteiger partial charge on any atom is 0.247 e. The molecule has 3 aliphatic rings. The first kappa shape index (κ1) is 21.2. The molecule has 0 saturated carbocycles. The first-order valence-corrected chi connectivity index (χ1v) is 11.3. The van der Waals surface area contributed by atoms with E-state index in [4.69, 9.17) is 17.3 Å². The minimum absolute atomic E-state index is 0.0595. The molecular formula is C25H22ClN5O2. The number of aromatic nitrogens is 1. The molecule has 33 heavy (non-hydrogen) atoms. The van der Waals surface area contributed by atoms with Crippen LogP contribution in [0, 0.1) is 11.3 Å². The molecule has 8 heteroatoms. The molecule has 2 N–H and O–H groups in total. The van der Waals surface area contributed by atoms with Gasteiger partial charge in [-0.05, 0) is 37.5 Å². The number of benzene rings is 1. The SMILES string of the molecule is CCCN1C(=O)C2(C(C#N)=C(N)N(c3ccc(Cl)cn3)C3=C2C(=O)CCC3)c2ccccc21. The Kier molecular flexibility index (Phi) is 4.98. The van der Waals surface area contributed by atoms with Crippen molar-refractivity contribution in [1.29, 1.82) is 5.26 Å². The third kappa shape index (κ3) is 2.77. The van der Waals surface area contributed by atoms with Crippen LogP contribution in [0.1, 0.15) is 38.2 Å². The van der Waals surface area contributed by atoms with E-state index in [-0.39, 0.29) is 23.1 Å². The molecule has 3 heterocycles. The lowest BCUT2D eigenvalue weighted by Gasteiger charge is -2.43. The highest BCUT2D eigenvalue weighted by Gasteiger charge is 2.62. The number of hydrogen-bond acceptors (Lipinski definition) is 6. The summed E-state index contributed by atoms with van der Waals surface area (Å²) in [4.78, 5) is 35.4. The highest BCUT2D eigenvalue weighted by atomic mass is 35.5. The molecule has 0 bridgehead atoms. The minimum Gasteiger partial charge on any atom is -0.384 e. The Morgan fingerprint density at radius 2 is 2.00 bits per heavy atom. The molecule has 1 aromatic carbocycles. The van der Waals surface area contributed by atoms with Gasteiger partial charge in [0, 0.05) is 41.7 Å². The number of pyridine rings is 1. The number of carbonyl (C=O) groups excluding carboxylic acids is 2. The summed E-state index contributed by atoms with van der Waals surface area (Å²) in [5.41, 5.74) is 7.48. The van der Waals surface area contributed by atoms with Crippen LogP contribution in [-0.4, -0.2) is 23.2 Å². The van der Waals surface area contributed by atoms with Gasteiger partial charge in [-0.25, -0.2) is 4.98 Å². The number of nitriles is 1. The lowest BCUT2D eigenvalue weighted by molar-refractivity contribution is -0.124. The van der Waals surface area contributed by atoms with Crippen molar-refractivity contribution in [1.82, 2.24) is 4.98 Å². The summed E-state index contributed by atoms with van der Waals surface area (Å²) in [5.74, 6) is 0.126. The standard InChI is InChI=1S/C25H22ClN5O2/c1-2-12-30-18-7-4-3-6-16(18)25(24(30)33)17(13-27)23(28)31(21-11-10-15(26)14-29-21)19-8-5-9-20(32)22(19)25/h3-4,6-7,10-11,14H,2,5,8-9,12,28H2,1H3. The molecule has 0 saturated heterocycles. The fourth-order valence-corrected chi connectivity index (χ4v) is 5.45. The van der Waals surface area contributed by atoms with Gasteiger partial charge < -0.3 is 10.6 Å². The zero-order valence-electron chi connectivity index (χ0n) is 18.1. The first-order valence-electron chi connectivity index (χ1n) is 11.0. The van der Waals surface area contributed by atoms with Crippen LogP contribution in [0.5, 0.6) is 0 Å². The Bertz CT molecular complexity index is 1290. The van der Waals surface area contributed by atoms with Crippen LogP contribution in [0.2, 0.25) is 5.02 Å². The van der Waals surface area contributed by atoms with E-state index >= 15 is 0 Å². The van der Waals surface area contributed by atoms with Gasteiger partial charge in [-0.3, -0.25) is 14.5 Å². The van der Waals surface area contributed by atoms with E-state index in [2.05, 4.69) is 11.1 Å². The number of halogens is 1. The van der Waals surface area contributed by atoms with E-state index in [1.165, 1.54) is 6.20 Å². The Morgan fingerprint density at radius 1 is 1.21 bits per heavy atom. The minimum atomic E-state index is -1.54. The van der Waals surface area contributed by atoms with Crippen molar-refractivity contribution >= 4 is 34.8 Å². The number of hydrogen-bond donors (Lipinski definition) is 1. The Labute approximate surface area is 196 Å². The topological polar surface area (TPSA) is 103 Å². The predicted molar refractivity (Wildman–Crippen MR) is 125 cm³/mol. The van der Waals surface area contributed by atoms with Crippen molar-refractivity contribution in [2.45, 2.75) is 38.0 Å². The predicted octanol–water partition coefficient (Wildman–Crippen LogP) is 3.95. The zero-order valence-corrected chi connectivity index (χ0v) is 18.9. The number of rotatable bonds is 3. The summed E-state index contributed by atoms with van der Waals surface area (Å²) in [5, 5.41) is 10.8. The second-order valence-electron chi connectivity index (χ2n) is 8.36. The summed E-state index contributed by atoms with van der Waals surface area (Å²) in [6.07, 6.45) is 3.70.